The summed E-state index contributed by atoms with van der Waals surface area (Å²) in [6, 6.07) is 11.3. The van der Waals surface area contributed by atoms with Gasteiger partial charge in [0.1, 0.15) is 12.7 Å². The van der Waals surface area contributed by atoms with Gasteiger partial charge in [0.25, 0.3) is 5.91 Å². The molecule has 110 valence electrons. The van der Waals surface area contributed by atoms with E-state index in [4.69, 9.17) is 15.2 Å². The molecular formula is C15H16N2O3S. The van der Waals surface area contributed by atoms with E-state index in [9.17, 15) is 4.79 Å². The molecule has 2 heterocycles. The second-order valence-corrected chi connectivity index (χ2v) is 5.93. The number of carbonyl (C=O) groups excluding carboxylic acids is 1. The van der Waals surface area contributed by atoms with Crippen LogP contribution in [0.5, 0.6) is 11.5 Å². The van der Waals surface area contributed by atoms with Crippen molar-refractivity contribution in [1.82, 2.24) is 5.32 Å². The number of hydrogen-bond acceptors (Lipinski definition) is 5. The molecule has 2 aromatic rings. The number of nitrogens with one attached hydrogen (secondary N) is 1. The van der Waals surface area contributed by atoms with Gasteiger partial charge in [-0.3, -0.25) is 4.79 Å². The standard InChI is InChI=1S/C15H16N2O3S/c16-15(18)14-6-5-11(21-14)8-17-7-10-9-19-12-3-1-2-4-13(12)20-10/h1-6,10,17H,7-9H2,(H2,16,18)/t10-/m1/s1. The van der Waals surface area contributed by atoms with Crippen LogP contribution in [-0.4, -0.2) is 25.2 Å². The lowest BCUT2D eigenvalue weighted by molar-refractivity contribution is 0.0903. The summed E-state index contributed by atoms with van der Waals surface area (Å²) in [4.78, 5) is 12.7. The van der Waals surface area contributed by atoms with Crippen molar-refractivity contribution in [3.63, 3.8) is 0 Å². The SMILES string of the molecule is NC(=O)c1ccc(CNC[C@@H]2COc3ccccc3O2)s1. The van der Waals surface area contributed by atoms with E-state index in [-0.39, 0.29) is 12.0 Å². The Morgan fingerprint density at radius 1 is 1.29 bits per heavy atom. The summed E-state index contributed by atoms with van der Waals surface area (Å²) in [6.07, 6.45) is -0.0181. The summed E-state index contributed by atoms with van der Waals surface area (Å²) >= 11 is 1.41. The predicted molar refractivity (Wildman–Crippen MR) is 80.9 cm³/mol. The van der Waals surface area contributed by atoms with Crippen LogP contribution in [0.1, 0.15) is 14.5 Å². The number of thiophene rings is 1. The summed E-state index contributed by atoms with van der Waals surface area (Å²) in [7, 11) is 0. The number of primary amides is 1. The minimum Gasteiger partial charge on any atom is -0.486 e. The summed E-state index contributed by atoms with van der Waals surface area (Å²) in [5, 5.41) is 3.31. The number of para-hydroxylation sites is 2. The van der Waals surface area contributed by atoms with Crippen LogP contribution < -0.4 is 20.5 Å². The first kappa shape index (κ1) is 13.9. The first-order valence-electron chi connectivity index (χ1n) is 6.70. The Morgan fingerprint density at radius 3 is 2.86 bits per heavy atom. The topological polar surface area (TPSA) is 73.6 Å². The van der Waals surface area contributed by atoms with Gasteiger partial charge in [0, 0.05) is 18.0 Å². The summed E-state index contributed by atoms with van der Waals surface area (Å²) < 4.78 is 11.5. The van der Waals surface area contributed by atoms with Crippen molar-refractivity contribution in [2.45, 2.75) is 12.6 Å². The molecule has 5 nitrogen and oxygen atoms in total. The van der Waals surface area contributed by atoms with Crippen LogP contribution in [0, 0.1) is 0 Å². The molecule has 1 aromatic carbocycles. The molecule has 0 fully saturated rings. The van der Waals surface area contributed by atoms with Crippen LogP contribution in [0.3, 0.4) is 0 Å². The highest BCUT2D eigenvalue weighted by Crippen LogP contribution is 2.30. The third-order valence-corrected chi connectivity index (χ3v) is 4.24. The molecule has 6 heteroatoms. The third-order valence-electron chi connectivity index (χ3n) is 3.14. The normalized spacial score (nSPS) is 16.7. The molecule has 0 spiro atoms. The molecule has 0 saturated heterocycles. The van der Waals surface area contributed by atoms with Gasteiger partial charge >= 0.3 is 0 Å². The maximum atomic E-state index is 11.0. The fraction of sp³-hybridized carbons (Fsp3) is 0.267. The largest absolute Gasteiger partial charge is 0.486 e. The maximum absolute atomic E-state index is 11.0. The zero-order valence-electron chi connectivity index (χ0n) is 11.4. The number of fused-ring (bicyclic) bond motifs is 1. The van der Waals surface area contributed by atoms with Crippen LogP contribution in [0.25, 0.3) is 0 Å². The fourth-order valence-electron chi connectivity index (χ4n) is 2.13. The lowest BCUT2D eigenvalue weighted by atomic mass is 10.2. The second-order valence-electron chi connectivity index (χ2n) is 4.76. The van der Waals surface area contributed by atoms with Crippen LogP contribution in [0.15, 0.2) is 36.4 Å². The molecule has 1 atom stereocenters. The molecule has 3 rings (SSSR count). The highest BCUT2D eigenvalue weighted by atomic mass is 32.1. The van der Waals surface area contributed by atoms with Gasteiger partial charge in [-0.25, -0.2) is 0 Å². The van der Waals surface area contributed by atoms with Crippen molar-refractivity contribution in [2.75, 3.05) is 13.2 Å². The van der Waals surface area contributed by atoms with Crippen LogP contribution >= 0.6 is 11.3 Å². The fourth-order valence-corrected chi connectivity index (χ4v) is 2.95. The van der Waals surface area contributed by atoms with Crippen molar-refractivity contribution < 1.29 is 14.3 Å². The lowest BCUT2D eigenvalue weighted by Crippen LogP contribution is -2.38. The van der Waals surface area contributed by atoms with E-state index in [0.717, 1.165) is 16.4 Å². The average molecular weight is 304 g/mol. The van der Waals surface area contributed by atoms with E-state index in [2.05, 4.69) is 5.32 Å². The highest BCUT2D eigenvalue weighted by molar-refractivity contribution is 7.14. The van der Waals surface area contributed by atoms with Crippen molar-refractivity contribution in [3.05, 3.63) is 46.2 Å². The van der Waals surface area contributed by atoms with Gasteiger partial charge in [-0.1, -0.05) is 12.1 Å². The van der Waals surface area contributed by atoms with Crippen molar-refractivity contribution in [1.29, 1.82) is 0 Å². The van der Waals surface area contributed by atoms with E-state index in [1.54, 1.807) is 6.07 Å². The first-order valence-corrected chi connectivity index (χ1v) is 7.52. The number of amides is 1. The summed E-state index contributed by atoms with van der Waals surface area (Å²) in [5.74, 6) is 1.19. The number of rotatable bonds is 5. The van der Waals surface area contributed by atoms with Gasteiger partial charge in [0.2, 0.25) is 0 Å². The molecular weight excluding hydrogens is 288 g/mol. The quantitative estimate of drug-likeness (QED) is 0.883. The second kappa shape index (κ2) is 6.15. The van der Waals surface area contributed by atoms with E-state index < -0.39 is 0 Å². The Hall–Kier alpha value is -2.05. The minimum absolute atomic E-state index is 0.0181. The van der Waals surface area contributed by atoms with Gasteiger partial charge in [0.05, 0.1) is 4.88 Å². The molecule has 1 aromatic heterocycles. The number of benzene rings is 1. The molecule has 0 aliphatic carbocycles. The van der Waals surface area contributed by atoms with Gasteiger partial charge in [-0.05, 0) is 24.3 Å². The van der Waals surface area contributed by atoms with Gasteiger partial charge in [-0.2, -0.15) is 0 Å². The molecule has 0 radical (unpaired) electrons. The van der Waals surface area contributed by atoms with Crippen LogP contribution in [0.4, 0.5) is 0 Å². The van der Waals surface area contributed by atoms with E-state index in [1.807, 2.05) is 30.3 Å². The average Bonchev–Trinajstić information content (AvgIpc) is 2.96. The zero-order chi connectivity index (χ0) is 14.7. The predicted octanol–water partition coefficient (Wildman–Crippen LogP) is 1.78. The third kappa shape index (κ3) is 3.34. The van der Waals surface area contributed by atoms with Crippen molar-refractivity contribution in [2.24, 2.45) is 5.73 Å². The maximum Gasteiger partial charge on any atom is 0.258 e. The van der Waals surface area contributed by atoms with Gasteiger partial charge in [0.15, 0.2) is 11.5 Å². The zero-order valence-corrected chi connectivity index (χ0v) is 12.2. The van der Waals surface area contributed by atoms with Gasteiger partial charge < -0.3 is 20.5 Å². The van der Waals surface area contributed by atoms with E-state index >= 15 is 0 Å². The molecule has 0 saturated carbocycles. The smallest absolute Gasteiger partial charge is 0.258 e. The van der Waals surface area contributed by atoms with Gasteiger partial charge in [-0.15, -0.1) is 11.3 Å². The molecule has 1 aliphatic rings. The minimum atomic E-state index is -0.383. The number of ether oxygens (including phenoxy) is 2. The van der Waals surface area contributed by atoms with E-state index in [1.165, 1.54) is 11.3 Å². The number of nitrogens with two attached hydrogens (primary N) is 1. The molecule has 0 unspecified atom stereocenters. The molecule has 1 amide bonds. The number of carbonyl (C=O) groups is 1. The molecule has 0 bridgehead atoms. The Morgan fingerprint density at radius 2 is 2.10 bits per heavy atom. The lowest BCUT2D eigenvalue weighted by Gasteiger charge is -2.26. The highest BCUT2D eigenvalue weighted by Gasteiger charge is 2.20. The van der Waals surface area contributed by atoms with Crippen LogP contribution in [0.2, 0.25) is 0 Å². The van der Waals surface area contributed by atoms with Crippen molar-refractivity contribution in [3.8, 4) is 11.5 Å². The Bertz CT molecular complexity index is 641. The Kier molecular flexibility index (Phi) is 4.08. The first-order chi connectivity index (χ1) is 10.2. The monoisotopic (exact) mass is 304 g/mol. The number of hydrogen-bond donors (Lipinski definition) is 2. The molecule has 1 aliphatic heterocycles. The molecule has 3 N–H and O–H groups in total. The van der Waals surface area contributed by atoms with Crippen LogP contribution in [-0.2, 0) is 6.54 Å². The van der Waals surface area contributed by atoms with E-state index in [0.29, 0.717) is 24.6 Å². The van der Waals surface area contributed by atoms with Crippen molar-refractivity contribution >= 4 is 17.2 Å². The molecule has 21 heavy (non-hydrogen) atoms. The Balaban J connectivity index is 1.49. The summed E-state index contributed by atoms with van der Waals surface area (Å²) in [5.41, 5.74) is 5.23. The Labute approximate surface area is 126 Å². The summed E-state index contributed by atoms with van der Waals surface area (Å²) in [6.45, 7) is 1.89.